The quantitative estimate of drug-likeness (QED) is 0.681. The van der Waals surface area contributed by atoms with E-state index in [1.165, 1.54) is 12.8 Å². The van der Waals surface area contributed by atoms with Gasteiger partial charge in [0, 0.05) is 25.2 Å². The first-order valence-corrected chi connectivity index (χ1v) is 7.06. The SMILES string of the molecule is CC(C)CN(CC(C)C)C(CO)C(N)C1CC1. The Kier molecular flexibility index (Phi) is 5.90. The molecule has 1 aliphatic carbocycles. The minimum atomic E-state index is 0.146. The standard InChI is InChI=1S/C14H30N2O/c1-10(2)7-16(8-11(3)4)13(9-17)14(15)12-5-6-12/h10-14,17H,5-9,15H2,1-4H3. The van der Waals surface area contributed by atoms with Crippen LogP contribution < -0.4 is 5.73 Å². The van der Waals surface area contributed by atoms with Gasteiger partial charge in [0.2, 0.25) is 0 Å². The topological polar surface area (TPSA) is 49.5 Å². The van der Waals surface area contributed by atoms with E-state index < -0.39 is 0 Å². The minimum Gasteiger partial charge on any atom is -0.395 e. The summed E-state index contributed by atoms with van der Waals surface area (Å²) in [5.41, 5.74) is 6.28. The van der Waals surface area contributed by atoms with Crippen LogP contribution in [0.25, 0.3) is 0 Å². The summed E-state index contributed by atoms with van der Waals surface area (Å²) in [7, 11) is 0. The Labute approximate surface area is 106 Å². The predicted octanol–water partition coefficient (Wildman–Crippen LogP) is 1.70. The van der Waals surface area contributed by atoms with Gasteiger partial charge in [-0.15, -0.1) is 0 Å². The van der Waals surface area contributed by atoms with Gasteiger partial charge < -0.3 is 10.8 Å². The van der Waals surface area contributed by atoms with Gasteiger partial charge in [-0.3, -0.25) is 4.90 Å². The summed E-state index contributed by atoms with van der Waals surface area (Å²) < 4.78 is 0. The molecule has 3 heteroatoms. The van der Waals surface area contributed by atoms with Crippen LogP contribution in [0.2, 0.25) is 0 Å². The lowest BCUT2D eigenvalue weighted by atomic mass is 10.0. The normalized spacial score (nSPS) is 20.3. The maximum absolute atomic E-state index is 9.65. The van der Waals surface area contributed by atoms with Gasteiger partial charge in [-0.2, -0.15) is 0 Å². The first-order valence-electron chi connectivity index (χ1n) is 7.06. The second-order valence-corrected chi connectivity index (χ2v) is 6.41. The van der Waals surface area contributed by atoms with Crippen LogP contribution in [-0.4, -0.2) is 41.8 Å². The highest BCUT2D eigenvalue weighted by molar-refractivity contribution is 4.93. The minimum absolute atomic E-state index is 0.146. The lowest BCUT2D eigenvalue weighted by molar-refractivity contribution is 0.0783. The molecule has 17 heavy (non-hydrogen) atoms. The number of hydrogen-bond acceptors (Lipinski definition) is 3. The molecule has 0 amide bonds. The van der Waals surface area contributed by atoms with Crippen molar-refractivity contribution < 1.29 is 5.11 Å². The predicted molar refractivity (Wildman–Crippen MR) is 72.8 cm³/mol. The fourth-order valence-corrected chi connectivity index (χ4v) is 2.56. The fourth-order valence-electron chi connectivity index (χ4n) is 2.56. The van der Waals surface area contributed by atoms with Crippen LogP contribution in [0.5, 0.6) is 0 Å². The molecule has 1 saturated carbocycles. The molecule has 0 radical (unpaired) electrons. The Morgan fingerprint density at radius 3 is 1.88 bits per heavy atom. The highest BCUT2D eigenvalue weighted by Crippen LogP contribution is 2.34. The summed E-state index contributed by atoms with van der Waals surface area (Å²) in [6.45, 7) is 11.2. The first kappa shape index (κ1) is 14.9. The lowest BCUT2D eigenvalue weighted by Gasteiger charge is -2.36. The van der Waals surface area contributed by atoms with Crippen molar-refractivity contribution in [1.82, 2.24) is 4.90 Å². The number of rotatable bonds is 8. The van der Waals surface area contributed by atoms with Crippen molar-refractivity contribution in [2.75, 3.05) is 19.7 Å². The van der Waals surface area contributed by atoms with Crippen molar-refractivity contribution in [2.24, 2.45) is 23.5 Å². The van der Waals surface area contributed by atoms with Gasteiger partial charge in [0.1, 0.15) is 0 Å². The zero-order valence-corrected chi connectivity index (χ0v) is 11.9. The van der Waals surface area contributed by atoms with Crippen molar-refractivity contribution in [3.8, 4) is 0 Å². The van der Waals surface area contributed by atoms with Crippen molar-refractivity contribution >= 4 is 0 Å². The molecule has 0 spiro atoms. The lowest BCUT2D eigenvalue weighted by Crippen LogP contribution is -2.53. The van der Waals surface area contributed by atoms with Gasteiger partial charge in [0.25, 0.3) is 0 Å². The average Bonchev–Trinajstić information content (AvgIpc) is 2.99. The van der Waals surface area contributed by atoms with Crippen LogP contribution in [0.1, 0.15) is 40.5 Å². The van der Waals surface area contributed by atoms with Gasteiger partial charge in [0.05, 0.1) is 6.61 Å². The summed E-state index contributed by atoms with van der Waals surface area (Å²) in [6, 6.07) is 0.296. The maximum atomic E-state index is 9.65. The van der Waals surface area contributed by atoms with E-state index in [-0.39, 0.29) is 18.7 Å². The van der Waals surface area contributed by atoms with E-state index in [0.29, 0.717) is 17.8 Å². The Hall–Kier alpha value is -0.120. The second-order valence-electron chi connectivity index (χ2n) is 6.41. The molecule has 3 N–H and O–H groups in total. The number of aliphatic hydroxyl groups is 1. The Balaban J connectivity index is 2.62. The Morgan fingerprint density at radius 2 is 1.59 bits per heavy atom. The summed E-state index contributed by atoms with van der Waals surface area (Å²) in [6.07, 6.45) is 2.49. The fraction of sp³-hybridized carbons (Fsp3) is 1.00. The highest BCUT2D eigenvalue weighted by Gasteiger charge is 2.36. The third kappa shape index (κ3) is 4.94. The first-order chi connectivity index (χ1) is 7.95. The summed E-state index contributed by atoms with van der Waals surface area (Å²) >= 11 is 0. The monoisotopic (exact) mass is 242 g/mol. The van der Waals surface area contributed by atoms with E-state index >= 15 is 0 Å². The van der Waals surface area contributed by atoms with Crippen LogP contribution in [0, 0.1) is 17.8 Å². The van der Waals surface area contributed by atoms with Crippen molar-refractivity contribution in [3.05, 3.63) is 0 Å². The molecule has 0 bridgehead atoms. The molecule has 2 unspecified atom stereocenters. The number of nitrogens with zero attached hydrogens (tertiary/aromatic N) is 1. The molecule has 1 fully saturated rings. The van der Waals surface area contributed by atoms with E-state index in [1.54, 1.807) is 0 Å². The third-order valence-corrected chi connectivity index (χ3v) is 3.47. The van der Waals surface area contributed by atoms with Gasteiger partial charge in [0.15, 0.2) is 0 Å². The average molecular weight is 242 g/mol. The van der Waals surface area contributed by atoms with E-state index in [1.807, 2.05) is 0 Å². The number of hydrogen-bond donors (Lipinski definition) is 2. The zero-order valence-electron chi connectivity index (χ0n) is 11.9. The number of nitrogens with two attached hydrogens (primary N) is 1. The van der Waals surface area contributed by atoms with Crippen LogP contribution >= 0.6 is 0 Å². The van der Waals surface area contributed by atoms with Crippen molar-refractivity contribution in [3.63, 3.8) is 0 Å². The van der Waals surface area contributed by atoms with Crippen LogP contribution in [0.15, 0.2) is 0 Å². The number of aliphatic hydroxyl groups excluding tert-OH is 1. The van der Waals surface area contributed by atoms with Gasteiger partial charge in [-0.05, 0) is 30.6 Å². The highest BCUT2D eigenvalue weighted by atomic mass is 16.3. The zero-order chi connectivity index (χ0) is 13.0. The Bertz CT molecular complexity index is 204. The molecular formula is C14H30N2O. The second kappa shape index (κ2) is 6.72. The molecule has 0 aromatic rings. The molecular weight excluding hydrogens is 212 g/mol. The largest absolute Gasteiger partial charge is 0.395 e. The van der Waals surface area contributed by atoms with E-state index in [9.17, 15) is 5.11 Å². The molecule has 0 aliphatic heterocycles. The summed E-state index contributed by atoms with van der Waals surface area (Å²) in [4.78, 5) is 2.40. The molecule has 102 valence electrons. The smallest absolute Gasteiger partial charge is 0.0602 e. The third-order valence-electron chi connectivity index (χ3n) is 3.47. The van der Waals surface area contributed by atoms with Crippen molar-refractivity contribution in [2.45, 2.75) is 52.6 Å². The molecule has 1 aliphatic rings. The van der Waals surface area contributed by atoms with E-state index in [0.717, 1.165) is 13.1 Å². The maximum Gasteiger partial charge on any atom is 0.0602 e. The van der Waals surface area contributed by atoms with Gasteiger partial charge >= 0.3 is 0 Å². The van der Waals surface area contributed by atoms with Gasteiger partial charge in [-0.25, -0.2) is 0 Å². The van der Waals surface area contributed by atoms with E-state index in [2.05, 4.69) is 32.6 Å². The van der Waals surface area contributed by atoms with Crippen molar-refractivity contribution in [1.29, 1.82) is 0 Å². The van der Waals surface area contributed by atoms with Crippen LogP contribution in [-0.2, 0) is 0 Å². The van der Waals surface area contributed by atoms with Crippen LogP contribution in [0.4, 0.5) is 0 Å². The molecule has 0 aromatic carbocycles. The molecule has 0 aromatic heterocycles. The Morgan fingerprint density at radius 1 is 1.12 bits per heavy atom. The summed E-state index contributed by atoms with van der Waals surface area (Å²) in [5.74, 6) is 1.89. The van der Waals surface area contributed by atoms with Crippen LogP contribution in [0.3, 0.4) is 0 Å². The van der Waals surface area contributed by atoms with Gasteiger partial charge in [-0.1, -0.05) is 27.7 Å². The summed E-state index contributed by atoms with van der Waals surface area (Å²) in [5, 5.41) is 9.65. The molecule has 0 heterocycles. The molecule has 1 rings (SSSR count). The van der Waals surface area contributed by atoms with E-state index in [4.69, 9.17) is 5.73 Å². The molecule has 3 nitrogen and oxygen atoms in total. The molecule has 0 saturated heterocycles. The molecule has 2 atom stereocenters.